The van der Waals surface area contributed by atoms with Crippen molar-refractivity contribution in [2.45, 2.75) is 25.4 Å². The number of halogens is 1. The molecule has 2 heterocycles. The lowest BCUT2D eigenvalue weighted by Crippen LogP contribution is -2.56. The highest BCUT2D eigenvalue weighted by Crippen LogP contribution is 2.29. The van der Waals surface area contributed by atoms with Gasteiger partial charge in [0.1, 0.15) is 6.04 Å². The Bertz CT molecular complexity index is 926. The molecular formula is C16H20ClN5O3S. The summed E-state index contributed by atoms with van der Waals surface area (Å²) in [5, 5.41) is 7.55. The molecule has 2 aromatic rings. The second-order valence-corrected chi connectivity index (χ2v) is 8.48. The van der Waals surface area contributed by atoms with Crippen LogP contribution in [0.25, 0.3) is 0 Å². The van der Waals surface area contributed by atoms with Gasteiger partial charge in [0.2, 0.25) is 5.91 Å². The fourth-order valence-electron chi connectivity index (χ4n) is 3.03. The Balaban J connectivity index is 1.85. The average Bonchev–Trinajstić information content (AvgIpc) is 2.90. The summed E-state index contributed by atoms with van der Waals surface area (Å²) in [5.74, 6) is -0.397. The van der Waals surface area contributed by atoms with Gasteiger partial charge in [-0.25, -0.2) is 0 Å². The summed E-state index contributed by atoms with van der Waals surface area (Å²) in [6.07, 6.45) is 2.06. The van der Waals surface area contributed by atoms with Crippen molar-refractivity contribution in [3.8, 4) is 0 Å². The minimum Gasteiger partial charge on any atom is -0.325 e. The van der Waals surface area contributed by atoms with Gasteiger partial charge in [-0.2, -0.15) is 22.5 Å². The number of carbonyl (C=O) groups is 1. The number of likely N-dealkylation sites (N-methyl/N-ethyl adjacent to an activating group) is 1. The van der Waals surface area contributed by atoms with Crippen LogP contribution in [-0.2, 0) is 22.1 Å². The summed E-state index contributed by atoms with van der Waals surface area (Å²) in [4.78, 5) is 12.7. The number of carbonyl (C=O) groups excluding carboxylic acids is 1. The van der Waals surface area contributed by atoms with Crippen molar-refractivity contribution >= 4 is 33.4 Å². The standard InChI is InChI=1S/C16H20ClN5O3S/c1-10-13(9-21(2)19-10)14-8-15(22(3)26(24,25)20-14)16(23)18-12-6-4-11(17)5-7-12/h4-7,9,14-15,20H,8H2,1-3H3,(H,18,23)/t14-,15-/m1/s1. The third-order valence-electron chi connectivity index (χ3n) is 4.41. The highest BCUT2D eigenvalue weighted by Gasteiger charge is 2.41. The number of amides is 1. The zero-order valence-corrected chi connectivity index (χ0v) is 16.2. The molecule has 1 aliphatic heterocycles. The molecule has 0 spiro atoms. The lowest BCUT2D eigenvalue weighted by atomic mass is 10.00. The maximum Gasteiger partial charge on any atom is 0.280 e. The lowest BCUT2D eigenvalue weighted by Gasteiger charge is -2.36. The van der Waals surface area contributed by atoms with E-state index in [2.05, 4.69) is 15.1 Å². The molecule has 1 fully saturated rings. The van der Waals surface area contributed by atoms with E-state index in [1.807, 2.05) is 6.92 Å². The van der Waals surface area contributed by atoms with E-state index in [0.29, 0.717) is 17.1 Å². The van der Waals surface area contributed by atoms with Gasteiger partial charge in [-0.1, -0.05) is 11.6 Å². The van der Waals surface area contributed by atoms with E-state index in [1.165, 1.54) is 7.05 Å². The van der Waals surface area contributed by atoms with Crippen LogP contribution >= 0.6 is 11.6 Å². The molecule has 8 nitrogen and oxygen atoms in total. The van der Waals surface area contributed by atoms with Crippen molar-refractivity contribution in [2.75, 3.05) is 12.4 Å². The molecule has 10 heteroatoms. The second-order valence-electron chi connectivity index (χ2n) is 6.28. The molecular weight excluding hydrogens is 378 g/mol. The minimum atomic E-state index is -3.80. The monoisotopic (exact) mass is 397 g/mol. The first-order valence-electron chi connectivity index (χ1n) is 7.99. The van der Waals surface area contributed by atoms with Crippen molar-refractivity contribution in [1.29, 1.82) is 0 Å². The van der Waals surface area contributed by atoms with Crippen LogP contribution in [0.4, 0.5) is 5.69 Å². The first-order valence-corrected chi connectivity index (χ1v) is 9.81. The SMILES string of the molecule is Cc1nn(C)cc1[C@H]1C[C@H](C(=O)Nc2ccc(Cl)cc2)N(C)S(=O)(=O)N1. The zero-order valence-electron chi connectivity index (χ0n) is 14.6. The number of nitrogens with one attached hydrogen (secondary N) is 2. The number of anilines is 1. The van der Waals surface area contributed by atoms with Crippen molar-refractivity contribution in [3.05, 3.63) is 46.7 Å². The van der Waals surface area contributed by atoms with Crippen LogP contribution in [-0.4, -0.2) is 41.5 Å². The molecule has 0 radical (unpaired) electrons. The first kappa shape index (κ1) is 18.8. The van der Waals surface area contributed by atoms with Gasteiger partial charge in [0.05, 0.1) is 11.7 Å². The smallest absolute Gasteiger partial charge is 0.280 e. The Labute approximate surface area is 157 Å². The Morgan fingerprint density at radius 2 is 1.96 bits per heavy atom. The van der Waals surface area contributed by atoms with E-state index in [9.17, 15) is 13.2 Å². The van der Waals surface area contributed by atoms with E-state index >= 15 is 0 Å². The number of hydrogen-bond acceptors (Lipinski definition) is 4. The molecule has 3 rings (SSSR count). The number of hydrogen-bond donors (Lipinski definition) is 2. The molecule has 1 aromatic heterocycles. The van der Waals surface area contributed by atoms with Gasteiger partial charge in [-0.3, -0.25) is 9.48 Å². The predicted octanol–water partition coefficient (Wildman–Crippen LogP) is 1.60. The van der Waals surface area contributed by atoms with Crippen LogP contribution < -0.4 is 10.0 Å². The third kappa shape index (κ3) is 3.75. The summed E-state index contributed by atoms with van der Waals surface area (Å²) >= 11 is 5.84. The third-order valence-corrected chi connectivity index (χ3v) is 6.26. The van der Waals surface area contributed by atoms with Gasteiger partial charge in [-0.05, 0) is 37.6 Å². The number of rotatable bonds is 3. The predicted molar refractivity (Wildman–Crippen MR) is 99.0 cm³/mol. The average molecular weight is 398 g/mol. The van der Waals surface area contributed by atoms with E-state index in [1.54, 1.807) is 42.2 Å². The number of aromatic nitrogens is 2. The molecule has 1 aliphatic rings. The maximum atomic E-state index is 12.7. The largest absolute Gasteiger partial charge is 0.325 e. The highest BCUT2D eigenvalue weighted by molar-refractivity contribution is 7.87. The molecule has 140 valence electrons. The minimum absolute atomic E-state index is 0.293. The van der Waals surface area contributed by atoms with Gasteiger partial charge in [0.15, 0.2) is 0 Å². The van der Waals surface area contributed by atoms with Crippen LogP contribution in [0.1, 0.15) is 23.7 Å². The maximum absolute atomic E-state index is 12.7. The van der Waals surface area contributed by atoms with Crippen molar-refractivity contribution in [2.24, 2.45) is 7.05 Å². The highest BCUT2D eigenvalue weighted by atomic mass is 35.5. The van der Waals surface area contributed by atoms with E-state index in [0.717, 1.165) is 15.6 Å². The van der Waals surface area contributed by atoms with Gasteiger partial charge in [0, 0.05) is 36.6 Å². The first-order chi connectivity index (χ1) is 12.2. The molecule has 2 N–H and O–H groups in total. The normalized spacial score (nSPS) is 22.9. The number of benzene rings is 1. The molecule has 1 saturated heterocycles. The van der Waals surface area contributed by atoms with E-state index in [4.69, 9.17) is 11.6 Å². The van der Waals surface area contributed by atoms with Crippen LogP contribution in [0, 0.1) is 6.92 Å². The summed E-state index contributed by atoms with van der Waals surface area (Å²) in [6.45, 7) is 1.81. The van der Waals surface area contributed by atoms with Crippen molar-refractivity contribution in [3.63, 3.8) is 0 Å². The molecule has 2 atom stereocenters. The quantitative estimate of drug-likeness (QED) is 0.822. The van der Waals surface area contributed by atoms with Gasteiger partial charge >= 0.3 is 0 Å². The van der Waals surface area contributed by atoms with Gasteiger partial charge in [0.25, 0.3) is 10.2 Å². The van der Waals surface area contributed by atoms with Gasteiger partial charge < -0.3 is 5.32 Å². The van der Waals surface area contributed by atoms with Crippen molar-refractivity contribution < 1.29 is 13.2 Å². The summed E-state index contributed by atoms with van der Waals surface area (Å²) in [7, 11) is -0.637. The molecule has 1 aromatic carbocycles. The Kier molecular flexibility index (Phi) is 5.07. The van der Waals surface area contributed by atoms with Crippen molar-refractivity contribution in [1.82, 2.24) is 18.8 Å². The fraction of sp³-hybridized carbons (Fsp3) is 0.375. The molecule has 0 bridgehead atoms. The topological polar surface area (TPSA) is 96.3 Å². The van der Waals surface area contributed by atoms with E-state index < -0.39 is 28.2 Å². The zero-order chi connectivity index (χ0) is 19.1. The summed E-state index contributed by atoms with van der Waals surface area (Å²) in [5.41, 5.74) is 2.04. The van der Waals surface area contributed by atoms with Crippen LogP contribution in [0.3, 0.4) is 0 Å². The van der Waals surface area contributed by atoms with Gasteiger partial charge in [-0.15, -0.1) is 0 Å². The fourth-order valence-corrected chi connectivity index (χ4v) is 4.42. The number of aryl methyl sites for hydroxylation is 2. The molecule has 0 aliphatic carbocycles. The Morgan fingerprint density at radius 1 is 1.31 bits per heavy atom. The van der Waals surface area contributed by atoms with Crippen LogP contribution in [0.2, 0.25) is 5.02 Å². The second kappa shape index (κ2) is 6.99. The molecule has 0 saturated carbocycles. The molecule has 0 unspecified atom stereocenters. The lowest BCUT2D eigenvalue weighted by molar-refractivity contribution is -0.120. The Morgan fingerprint density at radius 3 is 2.54 bits per heavy atom. The summed E-state index contributed by atoms with van der Waals surface area (Å²) in [6, 6.07) is 5.27. The van der Waals surface area contributed by atoms with E-state index in [-0.39, 0.29) is 0 Å². The summed E-state index contributed by atoms with van der Waals surface area (Å²) < 4.78 is 30.3. The van der Waals surface area contributed by atoms with Crippen LogP contribution in [0.15, 0.2) is 30.5 Å². The molecule has 26 heavy (non-hydrogen) atoms. The number of nitrogens with zero attached hydrogens (tertiary/aromatic N) is 3. The Hall–Kier alpha value is -1.94. The van der Waals surface area contributed by atoms with Crippen LogP contribution in [0.5, 0.6) is 0 Å². The molecule has 1 amide bonds.